The lowest BCUT2D eigenvalue weighted by atomic mass is 10.0. The molecule has 1 amide bonds. The number of sulfonamides is 1. The number of hydrogen-bond donors (Lipinski definition) is 2. The van der Waals surface area contributed by atoms with Crippen molar-refractivity contribution < 1.29 is 27.5 Å². The Morgan fingerprint density at radius 2 is 1.74 bits per heavy atom. The topological polar surface area (TPSA) is 129 Å². The third kappa shape index (κ3) is 4.21. The van der Waals surface area contributed by atoms with Gasteiger partial charge in [-0.05, 0) is 43.2 Å². The van der Waals surface area contributed by atoms with Gasteiger partial charge in [0.1, 0.15) is 5.82 Å². The van der Waals surface area contributed by atoms with Gasteiger partial charge in [-0.15, -0.1) is 0 Å². The van der Waals surface area contributed by atoms with Crippen LogP contribution >= 0.6 is 0 Å². The number of fused-ring (bicyclic) bond motifs is 1. The number of anilines is 2. The van der Waals surface area contributed by atoms with Crippen LogP contribution in [0.2, 0.25) is 0 Å². The average molecular weight is 485 g/mol. The summed E-state index contributed by atoms with van der Waals surface area (Å²) in [5.41, 5.74) is 2.31. The number of rotatable bonds is 6. The molecular weight excluding hydrogens is 460 g/mol. The SMILES string of the molecule is COc1ccc(NS(=O)(=O)c2cc(-c3c(C)nn4c3NC(=O)CCC4=O)ccc2C)cc1OC. The largest absolute Gasteiger partial charge is 0.493 e. The molecule has 4 rings (SSSR count). The Kier molecular flexibility index (Phi) is 6.05. The minimum absolute atomic E-state index is 0.0438. The summed E-state index contributed by atoms with van der Waals surface area (Å²) in [4.78, 5) is 24.6. The molecule has 178 valence electrons. The van der Waals surface area contributed by atoms with Gasteiger partial charge in [-0.2, -0.15) is 9.78 Å². The smallest absolute Gasteiger partial charge is 0.262 e. The van der Waals surface area contributed by atoms with Gasteiger partial charge in [0.05, 0.1) is 30.5 Å². The molecule has 0 fully saturated rings. The molecule has 0 radical (unpaired) electrons. The fraction of sp³-hybridized carbons (Fsp3) is 0.261. The van der Waals surface area contributed by atoms with Crippen molar-refractivity contribution in [1.82, 2.24) is 9.78 Å². The van der Waals surface area contributed by atoms with E-state index in [1.54, 1.807) is 38.1 Å². The van der Waals surface area contributed by atoms with E-state index in [0.29, 0.717) is 39.6 Å². The zero-order valence-corrected chi connectivity index (χ0v) is 19.9. The molecule has 3 aromatic rings. The first-order valence-electron chi connectivity index (χ1n) is 10.4. The van der Waals surface area contributed by atoms with Crippen LogP contribution in [0, 0.1) is 13.8 Å². The van der Waals surface area contributed by atoms with E-state index in [1.165, 1.54) is 31.0 Å². The van der Waals surface area contributed by atoms with Crippen LogP contribution in [0.1, 0.15) is 28.9 Å². The second kappa shape index (κ2) is 8.82. The highest BCUT2D eigenvalue weighted by atomic mass is 32.2. The maximum absolute atomic E-state index is 13.3. The van der Waals surface area contributed by atoms with Gasteiger partial charge in [0.25, 0.3) is 10.0 Å². The number of nitrogens with one attached hydrogen (secondary N) is 2. The van der Waals surface area contributed by atoms with Crippen LogP contribution in [0.25, 0.3) is 11.1 Å². The van der Waals surface area contributed by atoms with E-state index >= 15 is 0 Å². The standard InChI is InChI=1S/C23H24N4O6S/c1-13-5-6-15(22-14(2)25-27-21(29)10-9-20(28)24-23(22)27)11-19(13)34(30,31)26-16-7-8-17(32-3)18(12-16)33-4/h5-8,11-12,26H,9-10H2,1-4H3,(H,24,28). The molecule has 0 spiro atoms. The monoisotopic (exact) mass is 484 g/mol. The minimum Gasteiger partial charge on any atom is -0.493 e. The van der Waals surface area contributed by atoms with Crippen LogP contribution in [0.5, 0.6) is 11.5 Å². The van der Waals surface area contributed by atoms with Gasteiger partial charge in [-0.25, -0.2) is 8.42 Å². The van der Waals surface area contributed by atoms with E-state index in [-0.39, 0.29) is 35.4 Å². The van der Waals surface area contributed by atoms with Crippen LogP contribution in [0.4, 0.5) is 11.5 Å². The summed E-state index contributed by atoms with van der Waals surface area (Å²) in [6.07, 6.45) is 0.103. The number of aromatic nitrogens is 2. The Balaban J connectivity index is 1.77. The predicted octanol–water partition coefficient (Wildman–Crippen LogP) is 3.36. The summed E-state index contributed by atoms with van der Waals surface area (Å²) >= 11 is 0. The molecule has 0 atom stereocenters. The summed E-state index contributed by atoms with van der Waals surface area (Å²) in [5.74, 6) is 0.482. The average Bonchev–Trinajstić information content (AvgIpc) is 3.05. The Hall–Kier alpha value is -3.86. The van der Waals surface area contributed by atoms with Crippen molar-refractivity contribution in [1.29, 1.82) is 0 Å². The van der Waals surface area contributed by atoms with Crippen molar-refractivity contribution in [2.75, 3.05) is 24.3 Å². The van der Waals surface area contributed by atoms with Crippen LogP contribution in [-0.2, 0) is 14.8 Å². The van der Waals surface area contributed by atoms with Crippen LogP contribution in [0.3, 0.4) is 0 Å². The van der Waals surface area contributed by atoms with Gasteiger partial charge in [0.2, 0.25) is 11.8 Å². The van der Waals surface area contributed by atoms with E-state index in [4.69, 9.17) is 9.47 Å². The number of carbonyl (C=O) groups excluding carboxylic acids is 2. The lowest BCUT2D eigenvalue weighted by Crippen LogP contribution is -2.15. The Bertz CT molecular complexity index is 1410. The second-order valence-electron chi connectivity index (χ2n) is 7.82. The van der Waals surface area contributed by atoms with E-state index in [1.807, 2.05) is 0 Å². The molecular formula is C23H24N4O6S. The van der Waals surface area contributed by atoms with Gasteiger partial charge in [0.15, 0.2) is 11.5 Å². The number of hydrogen-bond acceptors (Lipinski definition) is 7. The highest BCUT2D eigenvalue weighted by Gasteiger charge is 2.27. The molecule has 0 bridgehead atoms. The third-order valence-electron chi connectivity index (χ3n) is 5.52. The van der Waals surface area contributed by atoms with Gasteiger partial charge in [-0.1, -0.05) is 12.1 Å². The van der Waals surface area contributed by atoms with Crippen LogP contribution in [-0.4, -0.2) is 44.2 Å². The summed E-state index contributed by atoms with van der Waals surface area (Å²) in [6, 6.07) is 9.61. The van der Waals surface area contributed by atoms with Crippen LogP contribution in [0.15, 0.2) is 41.3 Å². The summed E-state index contributed by atoms with van der Waals surface area (Å²) in [6.45, 7) is 3.38. The lowest BCUT2D eigenvalue weighted by molar-refractivity contribution is -0.116. The number of amides is 1. The maximum atomic E-state index is 13.3. The van der Waals surface area contributed by atoms with E-state index in [0.717, 1.165) is 0 Å². The second-order valence-corrected chi connectivity index (χ2v) is 9.47. The first-order valence-corrected chi connectivity index (χ1v) is 11.9. The highest BCUT2D eigenvalue weighted by Crippen LogP contribution is 2.36. The summed E-state index contributed by atoms with van der Waals surface area (Å²) < 4.78 is 40.8. The quantitative estimate of drug-likeness (QED) is 0.549. The van der Waals surface area contributed by atoms with Crippen LogP contribution < -0.4 is 19.5 Å². The number of methoxy groups -OCH3 is 2. The van der Waals surface area contributed by atoms with Gasteiger partial charge in [-0.3, -0.25) is 14.3 Å². The first kappa shape index (κ1) is 23.3. The molecule has 0 saturated carbocycles. The minimum atomic E-state index is -3.99. The Labute approximate surface area is 196 Å². The number of benzene rings is 2. The number of aryl methyl sites for hydroxylation is 2. The van der Waals surface area contributed by atoms with Gasteiger partial charge >= 0.3 is 0 Å². The molecule has 34 heavy (non-hydrogen) atoms. The van der Waals surface area contributed by atoms with Crippen molar-refractivity contribution in [2.24, 2.45) is 0 Å². The number of carbonyl (C=O) groups is 2. The molecule has 2 heterocycles. The summed E-state index contributed by atoms with van der Waals surface area (Å²) in [5, 5.41) is 7.01. The van der Waals surface area contributed by atoms with Crippen molar-refractivity contribution in [2.45, 2.75) is 31.6 Å². The molecule has 1 aliphatic heterocycles. The van der Waals surface area contributed by atoms with Gasteiger partial charge in [0, 0.05) is 24.5 Å². The molecule has 11 heteroatoms. The predicted molar refractivity (Wildman–Crippen MR) is 126 cm³/mol. The Morgan fingerprint density at radius 1 is 1.00 bits per heavy atom. The molecule has 1 aliphatic rings. The van der Waals surface area contributed by atoms with E-state index in [9.17, 15) is 18.0 Å². The third-order valence-corrected chi connectivity index (χ3v) is 7.05. The zero-order valence-electron chi connectivity index (χ0n) is 19.1. The van der Waals surface area contributed by atoms with Crippen molar-refractivity contribution in [3.05, 3.63) is 47.7 Å². The first-order chi connectivity index (χ1) is 16.1. The lowest BCUT2D eigenvalue weighted by Gasteiger charge is -2.14. The number of nitrogens with zero attached hydrogens (tertiary/aromatic N) is 2. The molecule has 1 aromatic heterocycles. The molecule has 2 aromatic carbocycles. The number of ether oxygens (including phenoxy) is 2. The maximum Gasteiger partial charge on any atom is 0.262 e. The van der Waals surface area contributed by atoms with Crippen molar-refractivity contribution >= 4 is 33.3 Å². The fourth-order valence-electron chi connectivity index (χ4n) is 3.84. The normalized spacial score (nSPS) is 13.6. The zero-order chi connectivity index (χ0) is 24.6. The molecule has 10 nitrogen and oxygen atoms in total. The fourth-order valence-corrected chi connectivity index (χ4v) is 5.17. The molecule has 0 saturated heterocycles. The molecule has 2 N–H and O–H groups in total. The van der Waals surface area contributed by atoms with Crippen molar-refractivity contribution in [3.63, 3.8) is 0 Å². The van der Waals surface area contributed by atoms with Gasteiger partial charge < -0.3 is 14.8 Å². The molecule has 0 aliphatic carbocycles. The summed E-state index contributed by atoms with van der Waals surface area (Å²) in [7, 11) is -1.04. The van der Waals surface area contributed by atoms with E-state index in [2.05, 4.69) is 15.1 Å². The highest BCUT2D eigenvalue weighted by molar-refractivity contribution is 7.92. The Morgan fingerprint density at radius 3 is 2.44 bits per heavy atom. The molecule has 0 unspecified atom stereocenters. The van der Waals surface area contributed by atoms with E-state index < -0.39 is 10.0 Å². The van der Waals surface area contributed by atoms with Crippen molar-refractivity contribution in [3.8, 4) is 22.6 Å².